The van der Waals surface area contributed by atoms with E-state index < -0.39 is 10.0 Å². The summed E-state index contributed by atoms with van der Waals surface area (Å²) in [6.07, 6.45) is 5.78. The first-order valence-corrected chi connectivity index (χ1v) is 11.6. The lowest BCUT2D eigenvalue weighted by Crippen LogP contribution is -2.20. The van der Waals surface area contributed by atoms with Gasteiger partial charge in [0.1, 0.15) is 0 Å². The predicted molar refractivity (Wildman–Crippen MR) is 126 cm³/mol. The van der Waals surface area contributed by atoms with Gasteiger partial charge >= 0.3 is 0 Å². The average molecular weight is 447 g/mol. The van der Waals surface area contributed by atoms with Crippen molar-refractivity contribution in [1.82, 2.24) is 5.32 Å². The number of nitrogens with one attached hydrogen (secondary N) is 2. The van der Waals surface area contributed by atoms with Crippen LogP contribution in [0.3, 0.4) is 0 Å². The molecule has 5 nitrogen and oxygen atoms in total. The molecule has 0 radical (unpaired) electrons. The molecule has 0 fully saturated rings. The largest absolute Gasteiger partial charge is 0.348 e. The van der Waals surface area contributed by atoms with E-state index in [0.29, 0.717) is 5.56 Å². The van der Waals surface area contributed by atoms with Gasteiger partial charge in [0.25, 0.3) is 0 Å². The van der Waals surface area contributed by atoms with Gasteiger partial charge in [-0.2, -0.15) is 0 Å². The minimum absolute atomic E-state index is 0.0809. The van der Waals surface area contributed by atoms with Crippen LogP contribution in [0, 0.1) is 0 Å². The van der Waals surface area contributed by atoms with Crippen LogP contribution in [-0.4, -0.2) is 20.6 Å². The zero-order valence-electron chi connectivity index (χ0n) is 17.6. The van der Waals surface area contributed by atoms with Gasteiger partial charge in [0.15, 0.2) is 0 Å². The normalized spacial score (nSPS) is 12.0. The second-order valence-electron chi connectivity index (χ2n) is 8.04. The van der Waals surface area contributed by atoms with Gasteiger partial charge in [-0.25, -0.2) is 8.42 Å². The van der Waals surface area contributed by atoms with Crippen molar-refractivity contribution in [2.75, 3.05) is 11.0 Å². The first-order chi connectivity index (χ1) is 13.9. The molecule has 2 N–H and O–H groups in total. The summed E-state index contributed by atoms with van der Waals surface area (Å²) in [5.74, 6) is -0.246. The maximum absolute atomic E-state index is 12.2. The summed E-state index contributed by atoms with van der Waals surface area (Å²) >= 11 is 6.22. The van der Waals surface area contributed by atoms with E-state index in [4.69, 9.17) is 11.6 Å². The minimum atomic E-state index is -3.48. The molecule has 2 rings (SSSR count). The Labute approximate surface area is 183 Å². The Hall–Kier alpha value is -2.57. The maximum Gasteiger partial charge on any atom is 0.244 e. The third kappa shape index (κ3) is 7.04. The molecule has 0 unspecified atom stereocenters. The number of halogens is 1. The van der Waals surface area contributed by atoms with Crippen molar-refractivity contribution >= 4 is 45.4 Å². The van der Waals surface area contributed by atoms with E-state index in [0.717, 1.165) is 17.4 Å². The van der Waals surface area contributed by atoms with E-state index in [1.54, 1.807) is 18.2 Å². The number of rotatable bonds is 7. The SMILES string of the molecule is C=Cc1cc(CNC(=O)/C=C/c2ccc(C(C)(C)C)cc2)cc(Cl)c1NS(C)(=O)=O. The van der Waals surface area contributed by atoms with Crippen molar-refractivity contribution < 1.29 is 13.2 Å². The Morgan fingerprint density at radius 2 is 1.80 bits per heavy atom. The first kappa shape index (κ1) is 23.7. The lowest BCUT2D eigenvalue weighted by Gasteiger charge is -2.18. The standard InChI is InChI=1S/C23H27ClN2O3S/c1-6-18-13-17(14-20(24)22(18)26-30(5,28)29)15-25-21(27)12-9-16-7-10-19(11-8-16)23(2,3)4/h6-14,26H,1,15H2,2-5H3,(H,25,27)/b12-9+. The third-order valence-corrected chi connectivity index (χ3v) is 5.23. The summed E-state index contributed by atoms with van der Waals surface area (Å²) in [5, 5.41) is 3.03. The molecule has 160 valence electrons. The number of carbonyl (C=O) groups excluding carboxylic acids is 1. The van der Waals surface area contributed by atoms with Crippen molar-refractivity contribution in [3.05, 3.63) is 76.3 Å². The molecule has 0 bridgehead atoms. The molecule has 0 atom stereocenters. The van der Waals surface area contributed by atoms with Gasteiger partial charge in [-0.3, -0.25) is 9.52 Å². The minimum Gasteiger partial charge on any atom is -0.348 e. The molecular weight excluding hydrogens is 420 g/mol. The molecule has 0 spiro atoms. The highest BCUT2D eigenvalue weighted by Gasteiger charge is 2.13. The topological polar surface area (TPSA) is 75.3 Å². The van der Waals surface area contributed by atoms with E-state index >= 15 is 0 Å². The highest BCUT2D eigenvalue weighted by molar-refractivity contribution is 7.92. The van der Waals surface area contributed by atoms with Crippen LogP contribution in [-0.2, 0) is 26.8 Å². The van der Waals surface area contributed by atoms with Gasteiger partial charge in [-0.05, 0) is 45.9 Å². The van der Waals surface area contributed by atoms with Gasteiger partial charge in [0, 0.05) is 12.6 Å². The maximum atomic E-state index is 12.2. The summed E-state index contributed by atoms with van der Waals surface area (Å²) < 4.78 is 25.4. The molecule has 0 aliphatic heterocycles. The van der Waals surface area contributed by atoms with Crippen LogP contribution >= 0.6 is 11.6 Å². The van der Waals surface area contributed by atoms with Crippen molar-refractivity contribution in [3.63, 3.8) is 0 Å². The van der Waals surface area contributed by atoms with E-state index in [-0.39, 0.29) is 28.6 Å². The Bertz CT molecular complexity index is 1070. The van der Waals surface area contributed by atoms with E-state index in [1.807, 2.05) is 12.1 Å². The van der Waals surface area contributed by atoms with Gasteiger partial charge in [-0.1, -0.05) is 69.3 Å². The zero-order chi connectivity index (χ0) is 22.5. The van der Waals surface area contributed by atoms with Crippen LogP contribution in [0.4, 0.5) is 5.69 Å². The molecule has 0 saturated carbocycles. The molecular formula is C23H27ClN2O3S. The van der Waals surface area contributed by atoms with Crippen LogP contribution in [0.15, 0.2) is 49.1 Å². The molecule has 0 aliphatic rings. The Morgan fingerprint density at radius 1 is 1.17 bits per heavy atom. The predicted octanol–water partition coefficient (Wildman–Crippen LogP) is 4.98. The Balaban J connectivity index is 2.04. The lowest BCUT2D eigenvalue weighted by atomic mass is 9.87. The molecule has 0 saturated heterocycles. The molecule has 0 aliphatic carbocycles. The highest BCUT2D eigenvalue weighted by atomic mass is 35.5. The summed E-state index contributed by atoms with van der Waals surface area (Å²) in [4.78, 5) is 12.2. The Kier molecular flexibility index (Phi) is 7.50. The molecule has 2 aromatic rings. The zero-order valence-corrected chi connectivity index (χ0v) is 19.2. The first-order valence-electron chi connectivity index (χ1n) is 9.38. The lowest BCUT2D eigenvalue weighted by molar-refractivity contribution is -0.116. The molecule has 2 aromatic carbocycles. The average Bonchev–Trinajstić information content (AvgIpc) is 2.65. The summed E-state index contributed by atoms with van der Waals surface area (Å²) in [7, 11) is -3.48. The van der Waals surface area contributed by atoms with Gasteiger partial charge in [0.2, 0.25) is 15.9 Å². The fourth-order valence-corrected chi connectivity index (χ4v) is 3.71. The number of benzene rings is 2. The number of carbonyl (C=O) groups is 1. The fourth-order valence-electron chi connectivity index (χ4n) is 2.76. The number of amides is 1. The molecule has 30 heavy (non-hydrogen) atoms. The van der Waals surface area contributed by atoms with E-state index in [2.05, 4.69) is 49.5 Å². The van der Waals surface area contributed by atoms with Crippen molar-refractivity contribution in [2.45, 2.75) is 32.7 Å². The number of anilines is 1. The summed E-state index contributed by atoms with van der Waals surface area (Å²) in [6.45, 7) is 10.4. The summed E-state index contributed by atoms with van der Waals surface area (Å²) in [6, 6.07) is 11.4. The van der Waals surface area contributed by atoms with E-state index in [1.165, 1.54) is 17.7 Å². The third-order valence-electron chi connectivity index (χ3n) is 4.36. The smallest absolute Gasteiger partial charge is 0.244 e. The second-order valence-corrected chi connectivity index (χ2v) is 10.2. The van der Waals surface area contributed by atoms with Gasteiger partial charge < -0.3 is 5.32 Å². The van der Waals surface area contributed by atoms with Crippen molar-refractivity contribution in [3.8, 4) is 0 Å². The monoisotopic (exact) mass is 446 g/mol. The second kappa shape index (κ2) is 9.49. The van der Waals surface area contributed by atoms with E-state index in [9.17, 15) is 13.2 Å². The Morgan fingerprint density at radius 3 is 2.33 bits per heavy atom. The van der Waals surface area contributed by atoms with Crippen LogP contribution in [0.2, 0.25) is 5.02 Å². The van der Waals surface area contributed by atoms with Crippen LogP contribution in [0.5, 0.6) is 0 Å². The molecule has 0 aromatic heterocycles. The van der Waals surface area contributed by atoms with Crippen molar-refractivity contribution in [1.29, 1.82) is 0 Å². The van der Waals surface area contributed by atoms with Crippen LogP contribution in [0.25, 0.3) is 12.2 Å². The molecule has 1 amide bonds. The number of hydrogen-bond donors (Lipinski definition) is 2. The molecule has 7 heteroatoms. The van der Waals surface area contributed by atoms with Gasteiger partial charge in [0.05, 0.1) is 17.0 Å². The highest BCUT2D eigenvalue weighted by Crippen LogP contribution is 2.29. The fraction of sp³-hybridized carbons (Fsp3) is 0.261. The quantitative estimate of drug-likeness (QED) is 0.589. The number of sulfonamides is 1. The van der Waals surface area contributed by atoms with Crippen LogP contribution in [0.1, 0.15) is 43.0 Å². The van der Waals surface area contributed by atoms with Crippen molar-refractivity contribution in [2.24, 2.45) is 0 Å². The van der Waals surface area contributed by atoms with Gasteiger partial charge in [-0.15, -0.1) is 0 Å². The number of hydrogen-bond acceptors (Lipinski definition) is 3. The summed E-state index contributed by atoms with van der Waals surface area (Å²) in [5.41, 5.74) is 3.77. The van der Waals surface area contributed by atoms with Crippen LogP contribution < -0.4 is 10.0 Å². The molecule has 0 heterocycles.